The molecule has 0 radical (unpaired) electrons. The van der Waals surface area contributed by atoms with E-state index < -0.39 is 0 Å². The molecule has 0 aromatic rings. The molecule has 0 saturated heterocycles. The number of nitrogens with one attached hydrogen (secondary N) is 1. The highest BCUT2D eigenvalue weighted by Crippen LogP contribution is 2.16. The van der Waals surface area contributed by atoms with Crippen LogP contribution in [-0.4, -0.2) is 25.1 Å². The first-order valence-corrected chi connectivity index (χ1v) is 5.61. The molecule has 3 nitrogen and oxygen atoms in total. The maximum Gasteiger partial charge on any atom is 0.141 e. The van der Waals surface area contributed by atoms with E-state index in [1.165, 1.54) is 0 Å². The summed E-state index contributed by atoms with van der Waals surface area (Å²) in [6.07, 6.45) is 5.78. The molecule has 0 aromatic heterocycles. The second kappa shape index (κ2) is 7.99. The van der Waals surface area contributed by atoms with Crippen molar-refractivity contribution in [2.45, 2.75) is 40.2 Å². The number of aliphatic imine (C=N–C) groups is 1. The van der Waals surface area contributed by atoms with Crippen molar-refractivity contribution in [3.8, 4) is 0 Å². The van der Waals surface area contributed by atoms with Gasteiger partial charge in [0.25, 0.3) is 0 Å². The average Bonchev–Trinajstić information content (AvgIpc) is 2.24. The molecule has 90 valence electrons. The Bertz CT molecular complexity index is 310. The van der Waals surface area contributed by atoms with Crippen LogP contribution in [0.2, 0.25) is 0 Å². The zero-order valence-electron chi connectivity index (χ0n) is 10.9. The molecule has 0 spiro atoms. The molecule has 0 aliphatic heterocycles. The van der Waals surface area contributed by atoms with Crippen molar-refractivity contribution in [1.29, 1.82) is 0 Å². The summed E-state index contributed by atoms with van der Waals surface area (Å²) in [5, 5.41) is 2.97. The van der Waals surface area contributed by atoms with Gasteiger partial charge in [0.15, 0.2) is 0 Å². The lowest BCUT2D eigenvalue weighted by Gasteiger charge is -2.14. The van der Waals surface area contributed by atoms with E-state index in [-0.39, 0.29) is 6.04 Å². The fourth-order valence-electron chi connectivity index (χ4n) is 1.45. The van der Waals surface area contributed by atoms with Gasteiger partial charge in [0, 0.05) is 5.71 Å². The molecule has 0 fully saturated rings. The average molecular weight is 222 g/mol. The number of carbonyl (C=O) groups excluding carboxylic acids is 1. The largest absolute Gasteiger partial charge is 0.307 e. The van der Waals surface area contributed by atoms with E-state index in [0.717, 1.165) is 29.7 Å². The Hall–Kier alpha value is -1.22. The summed E-state index contributed by atoms with van der Waals surface area (Å²) in [6, 6.07) is -0.286. The molecule has 0 amide bonds. The standard InChI is InChI=1S/C13H22N2O/c1-6-8-12(15-10(3)4)11(7-2)13(9-16)14-5/h7-9,13-14H,6H2,1-5H3/b11-7+,12-8+. The molecule has 0 saturated carbocycles. The number of allylic oxidation sites excluding steroid dienone is 2. The molecule has 16 heavy (non-hydrogen) atoms. The van der Waals surface area contributed by atoms with E-state index in [1.54, 1.807) is 7.05 Å². The minimum absolute atomic E-state index is 0.286. The van der Waals surface area contributed by atoms with E-state index in [9.17, 15) is 4.79 Å². The van der Waals surface area contributed by atoms with Crippen LogP contribution >= 0.6 is 0 Å². The second-order valence-electron chi connectivity index (χ2n) is 3.70. The molecule has 0 rings (SSSR count). The molecular weight excluding hydrogens is 200 g/mol. The van der Waals surface area contributed by atoms with Gasteiger partial charge in [-0.25, -0.2) is 0 Å². The summed E-state index contributed by atoms with van der Waals surface area (Å²) in [5.74, 6) is 0. The summed E-state index contributed by atoms with van der Waals surface area (Å²) in [6.45, 7) is 7.88. The van der Waals surface area contributed by atoms with Crippen molar-refractivity contribution < 1.29 is 4.79 Å². The van der Waals surface area contributed by atoms with Crippen LogP contribution in [0, 0.1) is 0 Å². The number of rotatable bonds is 6. The summed E-state index contributed by atoms with van der Waals surface area (Å²) in [4.78, 5) is 15.4. The van der Waals surface area contributed by atoms with Gasteiger partial charge in [0.05, 0.1) is 11.7 Å². The highest BCUT2D eigenvalue weighted by Gasteiger charge is 2.13. The van der Waals surface area contributed by atoms with Gasteiger partial charge in [-0.05, 0) is 39.8 Å². The highest BCUT2D eigenvalue weighted by molar-refractivity contribution is 5.81. The van der Waals surface area contributed by atoms with Crippen LogP contribution in [0.25, 0.3) is 0 Å². The molecule has 1 unspecified atom stereocenters. The van der Waals surface area contributed by atoms with Crippen LogP contribution in [0.1, 0.15) is 34.1 Å². The van der Waals surface area contributed by atoms with Crippen molar-refractivity contribution in [2.75, 3.05) is 7.05 Å². The molecule has 0 heterocycles. The summed E-state index contributed by atoms with van der Waals surface area (Å²) < 4.78 is 0. The molecular formula is C13H22N2O. The lowest BCUT2D eigenvalue weighted by atomic mass is 10.0. The maximum atomic E-state index is 11.0. The maximum absolute atomic E-state index is 11.0. The zero-order chi connectivity index (χ0) is 12.6. The lowest BCUT2D eigenvalue weighted by Crippen LogP contribution is -2.29. The third-order valence-electron chi connectivity index (χ3n) is 2.13. The van der Waals surface area contributed by atoms with E-state index in [2.05, 4.69) is 17.2 Å². The number of carbonyl (C=O) groups is 1. The van der Waals surface area contributed by atoms with Gasteiger partial charge < -0.3 is 10.1 Å². The van der Waals surface area contributed by atoms with Gasteiger partial charge in [-0.3, -0.25) is 4.99 Å². The summed E-state index contributed by atoms with van der Waals surface area (Å²) in [7, 11) is 1.77. The smallest absolute Gasteiger partial charge is 0.141 e. The first-order chi connectivity index (χ1) is 7.60. The molecule has 1 atom stereocenters. The van der Waals surface area contributed by atoms with Gasteiger partial charge in [0.2, 0.25) is 0 Å². The van der Waals surface area contributed by atoms with E-state index in [4.69, 9.17) is 0 Å². The van der Waals surface area contributed by atoms with Crippen molar-refractivity contribution in [3.05, 3.63) is 23.4 Å². The Balaban J connectivity index is 5.25. The Morgan fingerprint density at radius 2 is 2.06 bits per heavy atom. The predicted octanol–water partition coefficient (Wildman–Crippen LogP) is 2.49. The monoisotopic (exact) mass is 222 g/mol. The molecule has 3 heteroatoms. The van der Waals surface area contributed by atoms with Crippen LogP contribution in [0.5, 0.6) is 0 Å². The number of hydrogen-bond acceptors (Lipinski definition) is 3. The number of nitrogens with zero attached hydrogens (tertiary/aromatic N) is 1. The first-order valence-electron chi connectivity index (χ1n) is 5.61. The molecule has 0 bridgehead atoms. The summed E-state index contributed by atoms with van der Waals surface area (Å²) in [5.41, 5.74) is 2.80. The van der Waals surface area contributed by atoms with Crippen molar-refractivity contribution in [2.24, 2.45) is 4.99 Å². The highest BCUT2D eigenvalue weighted by atomic mass is 16.1. The third-order valence-corrected chi connectivity index (χ3v) is 2.13. The molecule has 0 aromatic carbocycles. The van der Waals surface area contributed by atoms with Crippen LogP contribution in [0.3, 0.4) is 0 Å². The fraction of sp³-hybridized carbons (Fsp3) is 0.538. The SMILES string of the molecule is C/C=C(\C(=C/CC)N=C(C)C)C(C=O)NC. The Morgan fingerprint density at radius 1 is 1.44 bits per heavy atom. The molecule has 0 aliphatic rings. The van der Waals surface area contributed by atoms with Gasteiger partial charge in [-0.15, -0.1) is 0 Å². The number of likely N-dealkylation sites (N-methyl/N-ethyl adjacent to an activating group) is 1. The fourth-order valence-corrected chi connectivity index (χ4v) is 1.45. The number of hydrogen-bond donors (Lipinski definition) is 1. The van der Waals surface area contributed by atoms with Gasteiger partial charge >= 0.3 is 0 Å². The van der Waals surface area contributed by atoms with Gasteiger partial charge in [0.1, 0.15) is 6.29 Å². The zero-order valence-corrected chi connectivity index (χ0v) is 10.9. The van der Waals surface area contributed by atoms with Crippen LogP contribution < -0.4 is 5.32 Å². The Kier molecular flexibility index (Phi) is 7.38. The normalized spacial score (nSPS) is 14.6. The first kappa shape index (κ1) is 14.8. The third kappa shape index (κ3) is 4.53. The van der Waals surface area contributed by atoms with Crippen molar-refractivity contribution in [1.82, 2.24) is 5.32 Å². The van der Waals surface area contributed by atoms with Crippen molar-refractivity contribution >= 4 is 12.0 Å². The molecule has 0 aliphatic carbocycles. The minimum Gasteiger partial charge on any atom is -0.307 e. The predicted molar refractivity (Wildman–Crippen MR) is 69.8 cm³/mol. The Morgan fingerprint density at radius 3 is 2.38 bits per heavy atom. The number of aldehydes is 1. The topological polar surface area (TPSA) is 41.5 Å². The second-order valence-corrected chi connectivity index (χ2v) is 3.70. The Labute approximate surface area is 98.3 Å². The van der Waals surface area contributed by atoms with E-state index in [1.807, 2.05) is 32.9 Å². The lowest BCUT2D eigenvalue weighted by molar-refractivity contribution is -0.108. The van der Waals surface area contributed by atoms with Gasteiger partial charge in [-0.1, -0.05) is 19.1 Å². The van der Waals surface area contributed by atoms with E-state index in [0.29, 0.717) is 0 Å². The van der Waals surface area contributed by atoms with Crippen LogP contribution in [0.15, 0.2) is 28.4 Å². The summed E-state index contributed by atoms with van der Waals surface area (Å²) >= 11 is 0. The van der Waals surface area contributed by atoms with Gasteiger partial charge in [-0.2, -0.15) is 0 Å². The van der Waals surface area contributed by atoms with Crippen LogP contribution in [-0.2, 0) is 4.79 Å². The quantitative estimate of drug-likeness (QED) is 0.426. The van der Waals surface area contributed by atoms with Crippen molar-refractivity contribution in [3.63, 3.8) is 0 Å². The van der Waals surface area contributed by atoms with Crippen LogP contribution in [0.4, 0.5) is 0 Å². The molecule has 1 N–H and O–H groups in total. The minimum atomic E-state index is -0.286. The van der Waals surface area contributed by atoms with E-state index >= 15 is 0 Å².